The number of rotatable bonds is 3. The van der Waals surface area contributed by atoms with E-state index in [4.69, 9.17) is 4.74 Å². The Balaban J connectivity index is 1.81. The Kier molecular flexibility index (Phi) is 3.93. The molecule has 0 spiro atoms. The average molecular weight is 255 g/mol. The van der Waals surface area contributed by atoms with Crippen LogP contribution in [0.1, 0.15) is 31.5 Å². The smallest absolute Gasteiger partial charge is 0.308 e. The predicted molar refractivity (Wildman–Crippen MR) is 66.0 cm³/mol. The van der Waals surface area contributed by atoms with E-state index in [0.717, 1.165) is 36.6 Å². The highest BCUT2D eigenvalue weighted by Gasteiger charge is 2.27. The van der Waals surface area contributed by atoms with Crippen LogP contribution in [0.5, 0.6) is 0 Å². The van der Waals surface area contributed by atoms with Crippen molar-refractivity contribution in [2.45, 2.75) is 38.6 Å². The molecular weight excluding hydrogens is 238 g/mol. The molecule has 0 unspecified atom stereocenters. The number of esters is 1. The zero-order valence-electron chi connectivity index (χ0n) is 10.1. The molecule has 5 nitrogen and oxygen atoms in total. The number of nitrogens with zero attached hydrogens (tertiary/aromatic N) is 2. The van der Waals surface area contributed by atoms with Crippen LogP contribution in [0.3, 0.4) is 0 Å². The normalized spacial score (nSPS) is 24.4. The van der Waals surface area contributed by atoms with Crippen LogP contribution in [0.25, 0.3) is 0 Å². The Morgan fingerprint density at radius 1 is 1.41 bits per heavy atom. The van der Waals surface area contributed by atoms with Crippen molar-refractivity contribution < 1.29 is 9.53 Å². The highest BCUT2D eigenvalue weighted by molar-refractivity contribution is 7.09. The number of aryl methyl sites for hydroxylation is 1. The largest absolute Gasteiger partial charge is 0.469 e. The highest BCUT2D eigenvalue weighted by atomic mass is 32.1. The number of aromatic nitrogens is 2. The van der Waals surface area contributed by atoms with Crippen molar-refractivity contribution in [2.75, 3.05) is 12.4 Å². The van der Waals surface area contributed by atoms with Crippen LogP contribution in [-0.4, -0.2) is 28.5 Å². The summed E-state index contributed by atoms with van der Waals surface area (Å²) in [6, 6.07) is 0.406. The van der Waals surface area contributed by atoms with Crippen molar-refractivity contribution in [2.24, 2.45) is 5.92 Å². The molecule has 0 aromatic carbocycles. The molecule has 94 valence electrons. The van der Waals surface area contributed by atoms with Crippen molar-refractivity contribution in [3.63, 3.8) is 0 Å². The van der Waals surface area contributed by atoms with Crippen molar-refractivity contribution >= 4 is 22.6 Å². The zero-order chi connectivity index (χ0) is 12.3. The van der Waals surface area contributed by atoms with Crippen LogP contribution in [0.2, 0.25) is 0 Å². The lowest BCUT2D eigenvalue weighted by molar-refractivity contribution is -0.146. The average Bonchev–Trinajstić information content (AvgIpc) is 2.75. The summed E-state index contributed by atoms with van der Waals surface area (Å²) in [6.45, 7) is 1.88. The van der Waals surface area contributed by atoms with E-state index in [1.54, 1.807) is 0 Å². The molecule has 0 aliphatic heterocycles. The summed E-state index contributed by atoms with van der Waals surface area (Å²) in [7, 11) is 1.46. The van der Waals surface area contributed by atoms with Gasteiger partial charge in [-0.2, -0.15) is 4.37 Å². The number of anilines is 1. The molecule has 1 saturated carbocycles. The van der Waals surface area contributed by atoms with E-state index in [9.17, 15) is 4.79 Å². The minimum absolute atomic E-state index is 0.0739. The van der Waals surface area contributed by atoms with Gasteiger partial charge in [0.2, 0.25) is 5.13 Å². The first-order valence-corrected chi connectivity index (χ1v) is 6.61. The van der Waals surface area contributed by atoms with Gasteiger partial charge in [0, 0.05) is 17.6 Å². The molecule has 1 fully saturated rings. The molecule has 0 bridgehead atoms. The van der Waals surface area contributed by atoms with Gasteiger partial charge in [-0.3, -0.25) is 4.79 Å². The van der Waals surface area contributed by atoms with E-state index in [-0.39, 0.29) is 11.9 Å². The fraction of sp³-hybridized carbons (Fsp3) is 0.727. The minimum Gasteiger partial charge on any atom is -0.469 e. The molecule has 17 heavy (non-hydrogen) atoms. The highest BCUT2D eigenvalue weighted by Crippen LogP contribution is 2.27. The number of methoxy groups -OCH3 is 1. The number of hydrogen-bond acceptors (Lipinski definition) is 6. The Morgan fingerprint density at radius 3 is 2.65 bits per heavy atom. The molecule has 0 amide bonds. The van der Waals surface area contributed by atoms with Crippen molar-refractivity contribution in [1.82, 2.24) is 9.36 Å². The SMILES string of the molecule is COC(=O)C1CCC(Nc2nc(C)ns2)CC1. The van der Waals surface area contributed by atoms with Crippen LogP contribution in [0.15, 0.2) is 0 Å². The molecule has 1 aliphatic carbocycles. The van der Waals surface area contributed by atoms with E-state index in [0.29, 0.717) is 6.04 Å². The lowest BCUT2D eigenvalue weighted by atomic mass is 9.86. The number of carbonyl (C=O) groups is 1. The maximum atomic E-state index is 11.4. The van der Waals surface area contributed by atoms with Gasteiger partial charge in [0.25, 0.3) is 0 Å². The number of ether oxygens (including phenoxy) is 1. The van der Waals surface area contributed by atoms with Crippen LogP contribution < -0.4 is 5.32 Å². The minimum atomic E-state index is -0.0739. The third-order valence-corrected chi connectivity index (χ3v) is 3.85. The summed E-state index contributed by atoms with van der Waals surface area (Å²) in [4.78, 5) is 15.7. The third kappa shape index (κ3) is 3.15. The maximum Gasteiger partial charge on any atom is 0.308 e. The first-order valence-electron chi connectivity index (χ1n) is 5.83. The Hall–Kier alpha value is -1.17. The van der Waals surface area contributed by atoms with Crippen LogP contribution >= 0.6 is 11.5 Å². The van der Waals surface area contributed by atoms with E-state index in [1.165, 1.54) is 18.6 Å². The van der Waals surface area contributed by atoms with E-state index >= 15 is 0 Å². The maximum absolute atomic E-state index is 11.4. The van der Waals surface area contributed by atoms with Gasteiger partial charge in [-0.25, -0.2) is 4.98 Å². The van der Waals surface area contributed by atoms with E-state index in [1.807, 2.05) is 6.92 Å². The van der Waals surface area contributed by atoms with Gasteiger partial charge in [-0.1, -0.05) is 0 Å². The quantitative estimate of drug-likeness (QED) is 0.837. The second kappa shape index (κ2) is 5.44. The summed E-state index contributed by atoms with van der Waals surface area (Å²) in [6.07, 6.45) is 3.75. The molecule has 6 heteroatoms. The van der Waals surface area contributed by atoms with Crippen LogP contribution in [0, 0.1) is 12.8 Å². The van der Waals surface area contributed by atoms with Gasteiger partial charge in [-0.15, -0.1) is 0 Å². The molecule has 1 aromatic rings. The lowest BCUT2D eigenvalue weighted by Gasteiger charge is -2.27. The van der Waals surface area contributed by atoms with Gasteiger partial charge in [-0.05, 0) is 32.6 Å². The first kappa shape index (κ1) is 12.3. The fourth-order valence-electron chi connectivity index (χ4n) is 2.17. The fourth-order valence-corrected chi connectivity index (χ4v) is 2.82. The third-order valence-electron chi connectivity index (χ3n) is 3.12. The van der Waals surface area contributed by atoms with Gasteiger partial charge in [0.05, 0.1) is 13.0 Å². The standard InChI is InChI=1S/C11H17N3O2S/c1-7-12-11(17-14-7)13-9-5-3-8(4-6-9)10(15)16-2/h8-9H,3-6H2,1-2H3,(H,12,13,14). The molecule has 1 aliphatic rings. The summed E-state index contributed by atoms with van der Waals surface area (Å²) >= 11 is 1.39. The molecular formula is C11H17N3O2S. The second-order valence-electron chi connectivity index (χ2n) is 4.36. The molecule has 0 atom stereocenters. The van der Waals surface area contributed by atoms with Gasteiger partial charge < -0.3 is 10.1 Å². The summed E-state index contributed by atoms with van der Waals surface area (Å²) in [5.74, 6) is 0.810. The molecule has 1 heterocycles. The molecule has 0 radical (unpaired) electrons. The number of hydrogen-bond donors (Lipinski definition) is 1. The first-order chi connectivity index (χ1) is 8.19. The van der Waals surface area contributed by atoms with E-state index in [2.05, 4.69) is 14.7 Å². The Labute approximate surface area is 105 Å². The Morgan fingerprint density at radius 2 is 2.12 bits per heavy atom. The van der Waals surface area contributed by atoms with Crippen LogP contribution in [0.4, 0.5) is 5.13 Å². The number of nitrogens with one attached hydrogen (secondary N) is 1. The molecule has 1 aromatic heterocycles. The van der Waals surface area contributed by atoms with Gasteiger partial charge >= 0.3 is 5.97 Å². The Bertz CT molecular complexity index is 386. The second-order valence-corrected chi connectivity index (χ2v) is 5.11. The van der Waals surface area contributed by atoms with E-state index < -0.39 is 0 Å². The summed E-state index contributed by atoms with van der Waals surface area (Å²) < 4.78 is 8.90. The van der Waals surface area contributed by atoms with Crippen LogP contribution in [-0.2, 0) is 9.53 Å². The van der Waals surface area contributed by atoms with Gasteiger partial charge in [0.15, 0.2) is 0 Å². The number of carbonyl (C=O) groups excluding carboxylic acids is 1. The molecule has 2 rings (SSSR count). The van der Waals surface area contributed by atoms with Crippen molar-refractivity contribution in [1.29, 1.82) is 0 Å². The summed E-state index contributed by atoms with van der Waals surface area (Å²) in [5.41, 5.74) is 0. The van der Waals surface area contributed by atoms with Crippen molar-refractivity contribution in [3.05, 3.63) is 5.82 Å². The predicted octanol–water partition coefficient (Wildman–Crippen LogP) is 1.99. The molecule has 0 saturated heterocycles. The topological polar surface area (TPSA) is 64.1 Å². The monoisotopic (exact) mass is 255 g/mol. The van der Waals surface area contributed by atoms with Crippen molar-refractivity contribution in [3.8, 4) is 0 Å². The lowest BCUT2D eigenvalue weighted by Crippen LogP contribution is -2.29. The molecule has 1 N–H and O–H groups in total. The zero-order valence-corrected chi connectivity index (χ0v) is 10.9. The van der Waals surface area contributed by atoms with Gasteiger partial charge in [0.1, 0.15) is 5.82 Å². The summed E-state index contributed by atoms with van der Waals surface area (Å²) in [5, 5.41) is 4.25.